The first kappa shape index (κ1) is 15.4. The van der Waals surface area contributed by atoms with Crippen LogP contribution < -0.4 is 5.73 Å². The number of furan rings is 1. The van der Waals surface area contributed by atoms with Crippen molar-refractivity contribution in [2.75, 3.05) is 0 Å². The number of fused-ring (bicyclic) bond motifs is 1. The summed E-state index contributed by atoms with van der Waals surface area (Å²) in [6.07, 6.45) is 5.11. The minimum atomic E-state index is -0.143. The molecule has 0 aliphatic heterocycles. The minimum Gasteiger partial charge on any atom is -0.437 e. The van der Waals surface area contributed by atoms with Gasteiger partial charge in [0, 0.05) is 28.2 Å². The van der Waals surface area contributed by atoms with Crippen LogP contribution in [0, 0.1) is 0 Å². The topological polar surface area (TPSA) is 52.0 Å². The Balaban J connectivity index is 1.67. The molecular formula is C23H20N2O. The number of aromatic nitrogens is 1. The molecule has 2 aromatic heterocycles. The van der Waals surface area contributed by atoms with Crippen molar-refractivity contribution in [3.8, 4) is 22.5 Å². The fourth-order valence-corrected chi connectivity index (χ4v) is 3.83. The lowest BCUT2D eigenvalue weighted by Crippen LogP contribution is -2.43. The molecule has 0 atom stereocenters. The van der Waals surface area contributed by atoms with Gasteiger partial charge < -0.3 is 10.2 Å². The van der Waals surface area contributed by atoms with Crippen molar-refractivity contribution >= 4 is 11.1 Å². The molecule has 0 unspecified atom stereocenters. The molecule has 0 amide bonds. The molecule has 0 radical (unpaired) electrons. The SMILES string of the molecule is NC1(c2ccc(-c3oc4ncccc4c3-c3ccccc3)cc2)CCC1. The second-order valence-corrected chi connectivity index (χ2v) is 7.12. The zero-order valence-electron chi connectivity index (χ0n) is 14.5. The number of nitrogens with zero attached hydrogens (tertiary/aromatic N) is 1. The van der Waals surface area contributed by atoms with Gasteiger partial charge in [0.05, 0.1) is 0 Å². The first-order chi connectivity index (χ1) is 12.7. The smallest absolute Gasteiger partial charge is 0.227 e. The molecule has 1 fully saturated rings. The lowest BCUT2D eigenvalue weighted by Gasteiger charge is -2.38. The Hall–Kier alpha value is -2.91. The van der Waals surface area contributed by atoms with Gasteiger partial charge in [-0.15, -0.1) is 0 Å². The summed E-state index contributed by atoms with van der Waals surface area (Å²) in [5.41, 5.74) is 11.5. The molecule has 1 aliphatic carbocycles. The highest BCUT2D eigenvalue weighted by Crippen LogP contribution is 2.42. The molecule has 3 heteroatoms. The summed E-state index contributed by atoms with van der Waals surface area (Å²) in [7, 11) is 0. The molecule has 1 aliphatic rings. The van der Waals surface area contributed by atoms with Gasteiger partial charge in [0.2, 0.25) is 5.71 Å². The maximum Gasteiger partial charge on any atom is 0.227 e. The van der Waals surface area contributed by atoms with Crippen LogP contribution in [0.4, 0.5) is 0 Å². The van der Waals surface area contributed by atoms with Crippen molar-refractivity contribution < 1.29 is 4.42 Å². The van der Waals surface area contributed by atoms with Crippen LogP contribution in [0.3, 0.4) is 0 Å². The van der Waals surface area contributed by atoms with Crippen LogP contribution >= 0.6 is 0 Å². The van der Waals surface area contributed by atoms with Crippen molar-refractivity contribution in [3.63, 3.8) is 0 Å². The van der Waals surface area contributed by atoms with E-state index in [0.717, 1.165) is 40.7 Å². The molecule has 0 saturated heterocycles. The fourth-order valence-electron chi connectivity index (χ4n) is 3.83. The van der Waals surface area contributed by atoms with Gasteiger partial charge in [0.1, 0.15) is 5.76 Å². The fraction of sp³-hybridized carbons (Fsp3) is 0.174. The number of hydrogen-bond donors (Lipinski definition) is 1. The van der Waals surface area contributed by atoms with Gasteiger partial charge in [-0.05, 0) is 42.5 Å². The van der Waals surface area contributed by atoms with E-state index < -0.39 is 0 Å². The zero-order valence-corrected chi connectivity index (χ0v) is 14.5. The molecule has 128 valence electrons. The van der Waals surface area contributed by atoms with E-state index in [0.29, 0.717) is 5.71 Å². The number of pyridine rings is 1. The summed E-state index contributed by atoms with van der Waals surface area (Å²) in [6, 6.07) is 22.9. The van der Waals surface area contributed by atoms with Crippen molar-refractivity contribution in [1.82, 2.24) is 4.98 Å². The van der Waals surface area contributed by atoms with E-state index >= 15 is 0 Å². The summed E-state index contributed by atoms with van der Waals surface area (Å²) in [5.74, 6) is 0.858. The first-order valence-electron chi connectivity index (χ1n) is 9.07. The maximum absolute atomic E-state index is 6.46. The van der Waals surface area contributed by atoms with Gasteiger partial charge in [-0.25, -0.2) is 4.98 Å². The second kappa shape index (κ2) is 5.82. The molecule has 2 N–H and O–H groups in total. The standard InChI is InChI=1S/C23H20N2O/c24-23(13-5-14-23)18-11-9-17(10-12-18)21-20(16-6-2-1-3-7-16)19-8-4-15-25-22(19)26-21/h1-4,6-12,15H,5,13-14,24H2. The van der Waals surface area contributed by atoms with Crippen LogP contribution in [0.25, 0.3) is 33.6 Å². The van der Waals surface area contributed by atoms with Crippen LogP contribution in [-0.4, -0.2) is 4.98 Å². The molecule has 3 nitrogen and oxygen atoms in total. The van der Waals surface area contributed by atoms with Crippen molar-refractivity contribution in [1.29, 1.82) is 0 Å². The largest absolute Gasteiger partial charge is 0.437 e. The second-order valence-electron chi connectivity index (χ2n) is 7.12. The van der Waals surface area contributed by atoms with Gasteiger partial charge in [0.15, 0.2) is 0 Å². The van der Waals surface area contributed by atoms with E-state index in [-0.39, 0.29) is 5.54 Å². The Morgan fingerprint density at radius 1 is 0.846 bits per heavy atom. The molecule has 2 aromatic carbocycles. The maximum atomic E-state index is 6.46. The van der Waals surface area contributed by atoms with Crippen LogP contribution in [0.5, 0.6) is 0 Å². The highest BCUT2D eigenvalue weighted by Gasteiger charge is 2.34. The Morgan fingerprint density at radius 2 is 1.62 bits per heavy atom. The average Bonchev–Trinajstić information content (AvgIpc) is 3.06. The van der Waals surface area contributed by atoms with E-state index in [9.17, 15) is 0 Å². The van der Waals surface area contributed by atoms with E-state index in [1.54, 1.807) is 6.20 Å². The third kappa shape index (κ3) is 2.36. The molecule has 0 spiro atoms. The van der Waals surface area contributed by atoms with Gasteiger partial charge in [-0.3, -0.25) is 0 Å². The zero-order chi connectivity index (χ0) is 17.6. The number of benzene rings is 2. The van der Waals surface area contributed by atoms with Gasteiger partial charge in [0.25, 0.3) is 0 Å². The van der Waals surface area contributed by atoms with Crippen LogP contribution in [0.2, 0.25) is 0 Å². The Morgan fingerprint density at radius 3 is 2.31 bits per heavy atom. The highest BCUT2D eigenvalue weighted by atomic mass is 16.3. The van der Waals surface area contributed by atoms with Crippen molar-refractivity contribution in [3.05, 3.63) is 78.5 Å². The van der Waals surface area contributed by atoms with E-state index in [2.05, 4.69) is 47.4 Å². The third-order valence-corrected chi connectivity index (χ3v) is 5.50. The first-order valence-corrected chi connectivity index (χ1v) is 9.07. The molecular weight excluding hydrogens is 320 g/mol. The molecule has 1 saturated carbocycles. The average molecular weight is 340 g/mol. The number of hydrogen-bond acceptors (Lipinski definition) is 3. The molecule has 4 aromatic rings. The van der Waals surface area contributed by atoms with Crippen molar-refractivity contribution in [2.24, 2.45) is 5.73 Å². The lowest BCUT2D eigenvalue weighted by atomic mass is 9.72. The van der Waals surface area contributed by atoms with Crippen LogP contribution in [0.15, 0.2) is 77.3 Å². The van der Waals surface area contributed by atoms with E-state index in [1.807, 2.05) is 24.3 Å². The minimum absolute atomic E-state index is 0.143. The lowest BCUT2D eigenvalue weighted by molar-refractivity contribution is 0.253. The molecule has 5 rings (SSSR count). The Labute approximate surface area is 152 Å². The number of nitrogens with two attached hydrogens (primary N) is 1. The van der Waals surface area contributed by atoms with E-state index in [1.165, 1.54) is 12.0 Å². The summed E-state index contributed by atoms with van der Waals surface area (Å²) in [6.45, 7) is 0. The van der Waals surface area contributed by atoms with E-state index in [4.69, 9.17) is 10.2 Å². The summed E-state index contributed by atoms with van der Waals surface area (Å²) in [5, 5.41) is 1.03. The van der Waals surface area contributed by atoms with Crippen LogP contribution in [0.1, 0.15) is 24.8 Å². The van der Waals surface area contributed by atoms with Gasteiger partial charge in [-0.2, -0.15) is 0 Å². The molecule has 0 bridgehead atoms. The van der Waals surface area contributed by atoms with Crippen LogP contribution in [-0.2, 0) is 5.54 Å². The molecule has 26 heavy (non-hydrogen) atoms. The van der Waals surface area contributed by atoms with Gasteiger partial charge in [-0.1, -0.05) is 54.6 Å². The Bertz CT molecular complexity index is 1060. The summed E-state index contributed by atoms with van der Waals surface area (Å²) >= 11 is 0. The molecule has 2 heterocycles. The predicted molar refractivity (Wildman–Crippen MR) is 105 cm³/mol. The quantitative estimate of drug-likeness (QED) is 0.536. The normalized spacial score (nSPS) is 15.7. The predicted octanol–water partition coefficient (Wildman–Crippen LogP) is 5.50. The monoisotopic (exact) mass is 340 g/mol. The highest BCUT2D eigenvalue weighted by molar-refractivity contribution is 6.00. The summed E-state index contributed by atoms with van der Waals surface area (Å²) < 4.78 is 6.16. The third-order valence-electron chi connectivity index (χ3n) is 5.50. The van der Waals surface area contributed by atoms with Crippen molar-refractivity contribution in [2.45, 2.75) is 24.8 Å². The number of rotatable bonds is 3. The summed E-state index contributed by atoms with van der Waals surface area (Å²) in [4.78, 5) is 4.41. The Kier molecular flexibility index (Phi) is 3.44. The van der Waals surface area contributed by atoms with Gasteiger partial charge >= 0.3 is 0 Å².